The predicted octanol–water partition coefficient (Wildman–Crippen LogP) is 3.63. The largest absolute Gasteiger partial charge is 0.408 e. The van der Waals surface area contributed by atoms with Crippen molar-refractivity contribution in [2.24, 2.45) is 0 Å². The number of halogens is 4. The maximum absolute atomic E-state index is 12.7. The third-order valence-corrected chi connectivity index (χ3v) is 3.01. The van der Waals surface area contributed by atoms with Gasteiger partial charge in [-0.3, -0.25) is 0 Å². The van der Waals surface area contributed by atoms with Crippen molar-refractivity contribution in [2.45, 2.75) is 26.1 Å². The van der Waals surface area contributed by atoms with Crippen molar-refractivity contribution in [3.05, 3.63) is 22.7 Å². The van der Waals surface area contributed by atoms with Gasteiger partial charge in [0.2, 0.25) is 0 Å². The van der Waals surface area contributed by atoms with Gasteiger partial charge in [-0.15, -0.1) is 0 Å². The van der Waals surface area contributed by atoms with E-state index in [-0.39, 0.29) is 0 Å². The predicted molar refractivity (Wildman–Crippen MR) is 60.7 cm³/mol. The topological polar surface area (TPSA) is 30.7 Å². The summed E-state index contributed by atoms with van der Waals surface area (Å²) in [6.07, 6.45) is -2.85. The van der Waals surface area contributed by atoms with Crippen LogP contribution in [0.5, 0.6) is 0 Å². The van der Waals surface area contributed by atoms with Gasteiger partial charge in [-0.2, -0.15) is 13.2 Å². The minimum absolute atomic E-state index is 0.324. The molecule has 0 fully saturated rings. The number of nitrogens with zero attached hydrogens (tertiary/aromatic N) is 3. The molecule has 0 aromatic carbocycles. The fourth-order valence-corrected chi connectivity index (χ4v) is 2.05. The Morgan fingerprint density at radius 3 is 2.65 bits per heavy atom. The fraction of sp³-hybridized carbons (Fsp3) is 0.400. The molecule has 0 N–H and O–H groups in total. The van der Waals surface area contributed by atoms with Gasteiger partial charge in [-0.05, 0) is 35.8 Å². The zero-order chi connectivity index (χ0) is 12.8. The van der Waals surface area contributed by atoms with Crippen molar-refractivity contribution in [1.29, 1.82) is 0 Å². The molecule has 0 aliphatic carbocycles. The van der Waals surface area contributed by atoms with Gasteiger partial charge in [0, 0.05) is 0 Å². The van der Waals surface area contributed by atoms with E-state index in [1.807, 2.05) is 0 Å². The van der Waals surface area contributed by atoms with Gasteiger partial charge in [0.05, 0.1) is 11.7 Å². The van der Waals surface area contributed by atoms with E-state index < -0.39 is 12.2 Å². The van der Waals surface area contributed by atoms with Crippen molar-refractivity contribution in [3.8, 4) is 0 Å². The molecule has 0 amide bonds. The number of imidazole rings is 1. The fourth-order valence-electron chi connectivity index (χ4n) is 1.73. The molecule has 2 aromatic rings. The number of hydrogen-bond acceptors (Lipinski definition) is 2. The number of hydrogen-bond donors (Lipinski definition) is 0. The van der Waals surface area contributed by atoms with Gasteiger partial charge in [0.1, 0.15) is 22.0 Å². The molecule has 0 radical (unpaired) electrons. The summed E-state index contributed by atoms with van der Waals surface area (Å²) >= 11 is 3.14. The molecule has 1 atom stereocenters. The molecule has 2 rings (SSSR count). The SMILES string of the molecule is Cc1nc2cnc(Br)cc2n1C(C)C(F)(F)F. The standard InChI is InChI=1S/C10H9BrF3N3/c1-5(10(12,13)14)17-6(2)16-7-4-15-9(11)3-8(7)17/h3-5H,1-2H3. The molecule has 2 heterocycles. The van der Waals surface area contributed by atoms with E-state index in [4.69, 9.17) is 0 Å². The molecule has 7 heteroatoms. The summed E-state index contributed by atoms with van der Waals surface area (Å²) in [6.45, 7) is 2.67. The first-order valence-electron chi connectivity index (χ1n) is 4.87. The molecular formula is C10H9BrF3N3. The molecule has 1 unspecified atom stereocenters. The minimum Gasteiger partial charge on any atom is -0.316 e. The molecule has 0 saturated carbocycles. The summed E-state index contributed by atoms with van der Waals surface area (Å²) in [5.41, 5.74) is 0.885. The highest BCUT2D eigenvalue weighted by molar-refractivity contribution is 9.10. The van der Waals surface area contributed by atoms with E-state index in [2.05, 4.69) is 25.9 Å². The second-order valence-corrected chi connectivity index (χ2v) is 4.55. The van der Waals surface area contributed by atoms with Crippen LogP contribution in [0.3, 0.4) is 0 Å². The Morgan fingerprint density at radius 2 is 2.06 bits per heavy atom. The normalized spacial score (nSPS) is 14.2. The molecule has 92 valence electrons. The Hall–Kier alpha value is -1.11. The molecule has 3 nitrogen and oxygen atoms in total. The van der Waals surface area contributed by atoms with E-state index >= 15 is 0 Å². The summed E-state index contributed by atoms with van der Waals surface area (Å²) in [4.78, 5) is 8.01. The quantitative estimate of drug-likeness (QED) is 0.753. The van der Waals surface area contributed by atoms with Gasteiger partial charge < -0.3 is 4.57 Å². The number of aryl methyl sites for hydroxylation is 1. The number of rotatable bonds is 1. The lowest BCUT2D eigenvalue weighted by Crippen LogP contribution is -2.24. The second kappa shape index (κ2) is 3.97. The molecule has 2 aromatic heterocycles. The maximum atomic E-state index is 12.7. The Kier molecular flexibility index (Phi) is 2.89. The van der Waals surface area contributed by atoms with Gasteiger partial charge in [-0.25, -0.2) is 9.97 Å². The third-order valence-electron chi connectivity index (χ3n) is 2.58. The van der Waals surface area contributed by atoms with Crippen molar-refractivity contribution in [3.63, 3.8) is 0 Å². The molecule has 0 bridgehead atoms. The van der Waals surface area contributed by atoms with Crippen LogP contribution in [-0.4, -0.2) is 20.7 Å². The lowest BCUT2D eigenvalue weighted by molar-refractivity contribution is -0.162. The third kappa shape index (κ3) is 2.15. The van der Waals surface area contributed by atoms with Crippen LogP contribution in [0.25, 0.3) is 11.0 Å². The summed E-state index contributed by atoms with van der Waals surface area (Å²) < 4.78 is 39.9. The molecule has 17 heavy (non-hydrogen) atoms. The number of pyridine rings is 1. The molecule has 0 saturated heterocycles. The highest BCUT2D eigenvalue weighted by Crippen LogP contribution is 2.33. The second-order valence-electron chi connectivity index (χ2n) is 3.74. The summed E-state index contributed by atoms with van der Waals surface area (Å²) in [7, 11) is 0. The molecule has 0 aliphatic heterocycles. The first kappa shape index (κ1) is 12.3. The van der Waals surface area contributed by atoms with E-state index in [1.165, 1.54) is 16.8 Å². The Bertz CT molecular complexity index is 562. The van der Waals surface area contributed by atoms with Gasteiger partial charge >= 0.3 is 6.18 Å². The van der Waals surface area contributed by atoms with Crippen LogP contribution in [0.15, 0.2) is 16.9 Å². The Morgan fingerprint density at radius 1 is 1.41 bits per heavy atom. The van der Waals surface area contributed by atoms with Crippen LogP contribution in [0.2, 0.25) is 0 Å². The van der Waals surface area contributed by atoms with E-state index in [9.17, 15) is 13.2 Å². The highest BCUT2D eigenvalue weighted by atomic mass is 79.9. The number of alkyl halides is 3. The summed E-state index contributed by atoms with van der Waals surface area (Å²) in [5.74, 6) is 0.324. The van der Waals surface area contributed by atoms with E-state index in [0.29, 0.717) is 21.5 Å². The van der Waals surface area contributed by atoms with Crippen LogP contribution in [-0.2, 0) is 0 Å². The Balaban J connectivity index is 2.68. The van der Waals surface area contributed by atoms with Gasteiger partial charge in [-0.1, -0.05) is 0 Å². The molecule has 0 spiro atoms. The monoisotopic (exact) mass is 307 g/mol. The van der Waals surface area contributed by atoms with Crippen LogP contribution in [0.4, 0.5) is 13.2 Å². The smallest absolute Gasteiger partial charge is 0.316 e. The summed E-state index contributed by atoms with van der Waals surface area (Å²) in [5, 5.41) is 0. The zero-order valence-electron chi connectivity index (χ0n) is 9.09. The highest BCUT2D eigenvalue weighted by Gasteiger charge is 2.38. The molecular weight excluding hydrogens is 299 g/mol. The van der Waals surface area contributed by atoms with Crippen molar-refractivity contribution in [1.82, 2.24) is 14.5 Å². The Labute approximate surface area is 104 Å². The lowest BCUT2D eigenvalue weighted by atomic mass is 10.3. The lowest BCUT2D eigenvalue weighted by Gasteiger charge is -2.19. The van der Waals surface area contributed by atoms with E-state index in [0.717, 1.165) is 6.92 Å². The van der Waals surface area contributed by atoms with Crippen LogP contribution >= 0.6 is 15.9 Å². The molecule has 0 aliphatic rings. The maximum Gasteiger partial charge on any atom is 0.408 e. The average molecular weight is 308 g/mol. The van der Waals surface area contributed by atoms with Crippen LogP contribution < -0.4 is 0 Å². The van der Waals surface area contributed by atoms with Gasteiger partial charge in [0.25, 0.3) is 0 Å². The van der Waals surface area contributed by atoms with Crippen LogP contribution in [0.1, 0.15) is 18.8 Å². The number of aromatic nitrogens is 3. The summed E-state index contributed by atoms with van der Waals surface area (Å²) in [6, 6.07) is -0.0702. The average Bonchev–Trinajstić information content (AvgIpc) is 2.51. The van der Waals surface area contributed by atoms with Crippen molar-refractivity contribution < 1.29 is 13.2 Å². The zero-order valence-corrected chi connectivity index (χ0v) is 10.7. The van der Waals surface area contributed by atoms with Crippen molar-refractivity contribution >= 4 is 27.0 Å². The first-order valence-corrected chi connectivity index (χ1v) is 5.67. The van der Waals surface area contributed by atoms with Crippen LogP contribution in [0, 0.1) is 6.92 Å². The first-order chi connectivity index (χ1) is 7.80. The van der Waals surface area contributed by atoms with E-state index in [1.54, 1.807) is 6.92 Å². The number of fused-ring (bicyclic) bond motifs is 1. The van der Waals surface area contributed by atoms with Crippen molar-refractivity contribution in [2.75, 3.05) is 0 Å². The minimum atomic E-state index is -4.30. The van der Waals surface area contributed by atoms with Gasteiger partial charge in [0.15, 0.2) is 0 Å².